The van der Waals surface area contributed by atoms with Gasteiger partial charge in [-0.25, -0.2) is 0 Å². The van der Waals surface area contributed by atoms with Crippen LogP contribution in [0, 0.1) is 5.92 Å². The van der Waals surface area contributed by atoms with Crippen LogP contribution in [-0.2, 0) is 4.79 Å². The quantitative estimate of drug-likeness (QED) is 0.573. The first kappa shape index (κ1) is 18.5. The number of nitrogens with one attached hydrogen (secondary N) is 1. The third kappa shape index (κ3) is 5.34. The number of ketones is 1. The summed E-state index contributed by atoms with van der Waals surface area (Å²) in [5.74, 6) is 0.562. The Bertz CT molecular complexity index is 529. The highest BCUT2D eigenvalue weighted by Gasteiger charge is 2.18. The van der Waals surface area contributed by atoms with E-state index < -0.39 is 5.38 Å². The van der Waals surface area contributed by atoms with Crippen LogP contribution >= 0.6 is 11.6 Å². The van der Waals surface area contributed by atoms with E-state index in [4.69, 9.17) is 16.3 Å². The molecule has 22 heavy (non-hydrogen) atoms. The van der Waals surface area contributed by atoms with Crippen molar-refractivity contribution < 1.29 is 14.3 Å². The summed E-state index contributed by atoms with van der Waals surface area (Å²) in [6.45, 7) is 8.12. The fraction of sp³-hybridized carbons (Fsp3) is 0.529. The first-order valence-corrected chi connectivity index (χ1v) is 8.07. The molecule has 0 aliphatic carbocycles. The van der Waals surface area contributed by atoms with E-state index in [2.05, 4.69) is 5.32 Å². The molecule has 0 fully saturated rings. The molecule has 1 aromatic carbocycles. The molecule has 0 saturated carbocycles. The number of amides is 1. The van der Waals surface area contributed by atoms with Crippen molar-refractivity contribution in [3.05, 3.63) is 23.8 Å². The molecule has 1 rings (SSSR count). The number of benzene rings is 1. The van der Waals surface area contributed by atoms with Gasteiger partial charge >= 0.3 is 0 Å². The summed E-state index contributed by atoms with van der Waals surface area (Å²) < 4.78 is 5.54. The minimum Gasteiger partial charge on any atom is -0.492 e. The summed E-state index contributed by atoms with van der Waals surface area (Å²) in [5.41, 5.74) is 1.07. The molecule has 1 N–H and O–H groups in total. The van der Waals surface area contributed by atoms with Crippen LogP contribution in [0.15, 0.2) is 18.2 Å². The van der Waals surface area contributed by atoms with Crippen LogP contribution in [0.5, 0.6) is 5.75 Å². The second-order valence-corrected chi connectivity index (χ2v) is 6.06. The molecule has 1 amide bonds. The van der Waals surface area contributed by atoms with Crippen molar-refractivity contribution in [3.8, 4) is 5.75 Å². The van der Waals surface area contributed by atoms with E-state index in [0.29, 0.717) is 36.4 Å². The maximum Gasteiger partial charge on any atom is 0.224 e. The summed E-state index contributed by atoms with van der Waals surface area (Å²) in [5, 5.41) is 2.28. The summed E-state index contributed by atoms with van der Waals surface area (Å²) in [6.07, 6.45) is 1.00. The van der Waals surface area contributed by atoms with Crippen molar-refractivity contribution in [3.63, 3.8) is 0 Å². The highest BCUT2D eigenvalue weighted by Crippen LogP contribution is 2.28. The van der Waals surface area contributed by atoms with E-state index in [-0.39, 0.29) is 17.6 Å². The van der Waals surface area contributed by atoms with Crippen LogP contribution in [0.2, 0.25) is 0 Å². The van der Waals surface area contributed by atoms with Gasteiger partial charge in [0.15, 0.2) is 5.78 Å². The van der Waals surface area contributed by atoms with Crippen molar-refractivity contribution >= 4 is 29.0 Å². The van der Waals surface area contributed by atoms with Crippen molar-refractivity contribution in [2.45, 2.75) is 45.9 Å². The number of rotatable bonds is 8. The van der Waals surface area contributed by atoms with Crippen LogP contribution in [0.4, 0.5) is 5.69 Å². The highest BCUT2D eigenvalue weighted by atomic mass is 35.5. The Labute approximate surface area is 137 Å². The van der Waals surface area contributed by atoms with Gasteiger partial charge in [-0.2, -0.15) is 0 Å². The Morgan fingerprint density at radius 1 is 1.27 bits per heavy atom. The normalized spacial score (nSPS) is 12.1. The molecular weight excluding hydrogens is 302 g/mol. The molecular formula is C17H24ClNO3. The smallest absolute Gasteiger partial charge is 0.224 e. The second kappa shape index (κ2) is 8.79. The van der Waals surface area contributed by atoms with E-state index in [1.165, 1.54) is 0 Å². The van der Waals surface area contributed by atoms with Gasteiger partial charge in [0, 0.05) is 12.0 Å². The van der Waals surface area contributed by atoms with E-state index in [1.807, 2.05) is 27.7 Å². The molecule has 0 aliphatic heterocycles. The van der Waals surface area contributed by atoms with Crippen LogP contribution in [0.25, 0.3) is 0 Å². The van der Waals surface area contributed by atoms with Crippen molar-refractivity contribution in [1.29, 1.82) is 0 Å². The highest BCUT2D eigenvalue weighted by molar-refractivity contribution is 6.33. The standard InChI is InChI=1S/C17H24ClNO3/c1-5-13(18)17(21)12-7-8-14(15(10-12)22-6-2)19-16(20)9-11(3)4/h7-8,10-11,13H,5-6,9H2,1-4H3,(H,19,20). The van der Waals surface area contributed by atoms with Crippen LogP contribution in [-0.4, -0.2) is 23.7 Å². The number of alkyl halides is 1. The molecule has 0 aromatic heterocycles. The Hall–Kier alpha value is -1.55. The molecule has 0 spiro atoms. The zero-order valence-electron chi connectivity index (χ0n) is 13.6. The monoisotopic (exact) mass is 325 g/mol. The van der Waals surface area contributed by atoms with E-state index in [1.54, 1.807) is 18.2 Å². The van der Waals surface area contributed by atoms with Crippen molar-refractivity contribution in [1.82, 2.24) is 0 Å². The van der Waals surface area contributed by atoms with Crippen LogP contribution < -0.4 is 10.1 Å². The molecule has 0 bridgehead atoms. The summed E-state index contributed by atoms with van der Waals surface area (Å²) in [7, 11) is 0. The Morgan fingerprint density at radius 2 is 1.95 bits per heavy atom. The predicted octanol–water partition coefficient (Wildman–Crippen LogP) is 4.27. The van der Waals surface area contributed by atoms with Crippen molar-refractivity contribution in [2.75, 3.05) is 11.9 Å². The zero-order chi connectivity index (χ0) is 16.7. The van der Waals surface area contributed by atoms with Gasteiger partial charge in [0.1, 0.15) is 5.75 Å². The van der Waals surface area contributed by atoms with Gasteiger partial charge in [0.2, 0.25) is 5.91 Å². The van der Waals surface area contributed by atoms with Crippen LogP contribution in [0.1, 0.15) is 50.9 Å². The minimum atomic E-state index is -0.546. The first-order valence-electron chi connectivity index (χ1n) is 7.63. The maximum atomic E-state index is 12.1. The number of carbonyl (C=O) groups is 2. The summed E-state index contributed by atoms with van der Waals surface area (Å²) in [6, 6.07) is 5.00. The fourth-order valence-corrected chi connectivity index (χ4v) is 2.12. The van der Waals surface area contributed by atoms with Gasteiger partial charge in [-0.15, -0.1) is 11.6 Å². The SMILES string of the molecule is CCOc1cc(C(=O)C(Cl)CC)ccc1NC(=O)CC(C)C. The molecule has 0 heterocycles. The molecule has 0 saturated heterocycles. The largest absolute Gasteiger partial charge is 0.492 e. The Kier molecular flexibility index (Phi) is 7.39. The second-order valence-electron chi connectivity index (χ2n) is 5.53. The molecule has 5 heteroatoms. The van der Waals surface area contributed by atoms with Gasteiger partial charge in [-0.05, 0) is 37.5 Å². The average Bonchev–Trinajstić information content (AvgIpc) is 2.46. The van der Waals surface area contributed by atoms with Gasteiger partial charge in [0.05, 0.1) is 17.7 Å². The number of anilines is 1. The number of carbonyl (C=O) groups excluding carboxylic acids is 2. The minimum absolute atomic E-state index is 0.0705. The predicted molar refractivity (Wildman–Crippen MR) is 90.0 cm³/mol. The summed E-state index contributed by atoms with van der Waals surface area (Å²) in [4.78, 5) is 24.0. The lowest BCUT2D eigenvalue weighted by atomic mass is 10.1. The molecule has 0 aliphatic rings. The van der Waals surface area contributed by atoms with E-state index in [9.17, 15) is 9.59 Å². The zero-order valence-corrected chi connectivity index (χ0v) is 14.4. The lowest BCUT2D eigenvalue weighted by Crippen LogP contribution is -2.16. The van der Waals surface area contributed by atoms with Crippen LogP contribution in [0.3, 0.4) is 0 Å². The Balaban J connectivity index is 2.99. The van der Waals surface area contributed by atoms with Gasteiger partial charge in [-0.3, -0.25) is 9.59 Å². The molecule has 1 atom stereocenters. The number of Topliss-reactive ketones (excluding diaryl/α,β-unsaturated/α-hetero) is 1. The molecule has 4 nitrogen and oxygen atoms in total. The topological polar surface area (TPSA) is 55.4 Å². The summed E-state index contributed by atoms with van der Waals surface area (Å²) >= 11 is 6.00. The average molecular weight is 326 g/mol. The van der Waals surface area contributed by atoms with Gasteiger partial charge < -0.3 is 10.1 Å². The number of hydrogen-bond acceptors (Lipinski definition) is 3. The molecule has 1 aromatic rings. The van der Waals surface area contributed by atoms with Crippen molar-refractivity contribution in [2.24, 2.45) is 5.92 Å². The van der Waals surface area contributed by atoms with E-state index in [0.717, 1.165) is 0 Å². The number of hydrogen-bond donors (Lipinski definition) is 1. The van der Waals surface area contributed by atoms with Gasteiger partial charge in [-0.1, -0.05) is 20.8 Å². The molecule has 1 unspecified atom stereocenters. The number of ether oxygens (including phenoxy) is 1. The third-order valence-electron chi connectivity index (χ3n) is 3.08. The number of halogens is 1. The lowest BCUT2D eigenvalue weighted by molar-refractivity contribution is -0.116. The van der Waals surface area contributed by atoms with E-state index >= 15 is 0 Å². The molecule has 122 valence electrons. The lowest BCUT2D eigenvalue weighted by Gasteiger charge is -2.14. The maximum absolute atomic E-state index is 12.1. The third-order valence-corrected chi connectivity index (χ3v) is 3.58. The fourth-order valence-electron chi connectivity index (χ4n) is 1.99. The Morgan fingerprint density at radius 3 is 2.50 bits per heavy atom. The van der Waals surface area contributed by atoms with Gasteiger partial charge in [0.25, 0.3) is 0 Å². The molecule has 0 radical (unpaired) electrons. The first-order chi connectivity index (χ1) is 10.4.